The molecule has 0 amide bonds. The molecular formula is C27H26Cl2N2O5. The third-order valence-electron chi connectivity index (χ3n) is 8.05. The average Bonchev–Trinajstić information content (AvgIpc) is 3.60. The number of benzene rings is 1. The van der Waals surface area contributed by atoms with E-state index in [9.17, 15) is 15.0 Å². The van der Waals surface area contributed by atoms with E-state index in [-0.39, 0.29) is 23.5 Å². The summed E-state index contributed by atoms with van der Waals surface area (Å²) in [4.78, 5) is 15.8. The second kappa shape index (κ2) is 9.14. The summed E-state index contributed by atoms with van der Waals surface area (Å²) in [5.41, 5.74) is 1.60. The zero-order valence-corrected chi connectivity index (χ0v) is 21.0. The van der Waals surface area contributed by atoms with Gasteiger partial charge in [-0.1, -0.05) is 34.4 Å². The van der Waals surface area contributed by atoms with Crippen molar-refractivity contribution in [3.63, 3.8) is 0 Å². The minimum atomic E-state index is -1.14. The lowest BCUT2D eigenvalue weighted by Crippen LogP contribution is -2.45. The van der Waals surface area contributed by atoms with E-state index in [0.717, 1.165) is 37.0 Å². The molecule has 2 N–H and O–H groups in total. The van der Waals surface area contributed by atoms with Gasteiger partial charge >= 0.3 is 5.97 Å². The van der Waals surface area contributed by atoms with Crippen molar-refractivity contribution in [2.24, 2.45) is 11.8 Å². The van der Waals surface area contributed by atoms with E-state index in [1.165, 1.54) is 18.3 Å². The van der Waals surface area contributed by atoms with Crippen LogP contribution in [0, 0.1) is 11.8 Å². The Kier molecular flexibility index (Phi) is 6.07. The highest BCUT2D eigenvalue weighted by Crippen LogP contribution is 2.55. The predicted molar refractivity (Wildman–Crippen MR) is 133 cm³/mol. The van der Waals surface area contributed by atoms with Crippen LogP contribution in [0.5, 0.6) is 0 Å². The molecule has 0 saturated heterocycles. The van der Waals surface area contributed by atoms with E-state index in [2.05, 4.69) is 10.1 Å². The average molecular weight is 529 g/mol. The molecule has 2 heterocycles. The Bertz CT molecular complexity index is 1290. The minimum Gasteiger partial charge on any atom is -0.478 e. The standard InChI is InChI=1S/C27H26Cl2N2O5/c28-20-2-1-3-21(29)23(20)24-19(25(36-31-24)14-4-5-14)13-35-18-11-16-6-7-17(12-18)27(16,34)22-10-15(26(32)33)8-9-30-22/h1-3,8-10,14,16-18,34H,4-7,11-13H2,(H,32,33)/t16-,17+,18+,27-. The number of halogens is 2. The first-order valence-electron chi connectivity index (χ1n) is 12.3. The number of carboxylic acid groups (broad SMARTS) is 1. The highest BCUT2D eigenvalue weighted by atomic mass is 35.5. The first-order valence-corrected chi connectivity index (χ1v) is 13.1. The van der Waals surface area contributed by atoms with Crippen molar-refractivity contribution in [2.45, 2.75) is 62.8 Å². The van der Waals surface area contributed by atoms with Crippen molar-refractivity contribution < 1.29 is 24.3 Å². The van der Waals surface area contributed by atoms with Gasteiger partial charge in [-0.3, -0.25) is 4.98 Å². The van der Waals surface area contributed by atoms with Gasteiger partial charge in [-0.15, -0.1) is 0 Å². The summed E-state index contributed by atoms with van der Waals surface area (Å²) in [6.07, 6.45) is 6.55. The lowest BCUT2D eigenvalue weighted by Gasteiger charge is -2.42. The Balaban J connectivity index is 1.23. The number of aromatic nitrogens is 2. The second-order valence-corrected chi connectivity index (χ2v) is 11.0. The van der Waals surface area contributed by atoms with Gasteiger partial charge in [-0.2, -0.15) is 0 Å². The van der Waals surface area contributed by atoms with Crippen LogP contribution >= 0.6 is 23.2 Å². The van der Waals surface area contributed by atoms with Crippen LogP contribution in [0.2, 0.25) is 10.0 Å². The number of ether oxygens (including phenoxy) is 1. The molecule has 0 spiro atoms. The van der Waals surface area contributed by atoms with Crippen LogP contribution in [0.4, 0.5) is 0 Å². The highest BCUT2D eigenvalue weighted by molar-refractivity contribution is 6.39. The maximum Gasteiger partial charge on any atom is 0.335 e. The van der Waals surface area contributed by atoms with Crippen molar-refractivity contribution in [2.75, 3.05) is 0 Å². The van der Waals surface area contributed by atoms with Crippen LogP contribution in [-0.2, 0) is 16.9 Å². The Labute approximate surface area is 218 Å². The maximum atomic E-state index is 11.7. The molecule has 0 aliphatic heterocycles. The Morgan fingerprint density at radius 2 is 1.81 bits per heavy atom. The van der Waals surface area contributed by atoms with Gasteiger partial charge in [0.15, 0.2) is 0 Å². The maximum absolute atomic E-state index is 11.7. The Morgan fingerprint density at radius 3 is 2.44 bits per heavy atom. The number of aromatic carboxylic acids is 1. The fourth-order valence-corrected chi connectivity index (χ4v) is 6.66. The first kappa shape index (κ1) is 23.9. The van der Waals surface area contributed by atoms with Gasteiger partial charge in [0.2, 0.25) is 0 Å². The lowest BCUT2D eigenvalue weighted by molar-refractivity contribution is -0.118. The number of fused-ring (bicyclic) bond motifs is 2. The number of hydrogen-bond acceptors (Lipinski definition) is 6. The SMILES string of the molecule is O=C(O)c1ccnc([C@@]2(O)[C@@H]3CC[C@H]2C[C@@H](OCc2c(-c4c(Cl)cccc4Cl)noc2C2CC2)C3)c1. The van der Waals surface area contributed by atoms with E-state index >= 15 is 0 Å². The minimum absolute atomic E-state index is 0.0537. The number of pyridine rings is 1. The van der Waals surface area contributed by atoms with E-state index in [0.29, 0.717) is 52.4 Å². The Morgan fingerprint density at radius 1 is 1.11 bits per heavy atom. The molecule has 4 atom stereocenters. The molecule has 1 aromatic carbocycles. The molecule has 7 nitrogen and oxygen atoms in total. The number of carbonyl (C=O) groups is 1. The van der Waals surface area contributed by atoms with Gasteiger partial charge in [0.05, 0.1) is 34.0 Å². The molecule has 3 aliphatic carbocycles. The van der Waals surface area contributed by atoms with Crippen molar-refractivity contribution >= 4 is 29.2 Å². The number of aliphatic hydroxyl groups is 1. The fourth-order valence-electron chi connectivity index (χ4n) is 6.09. The topological polar surface area (TPSA) is 106 Å². The van der Waals surface area contributed by atoms with Crippen molar-refractivity contribution in [3.8, 4) is 11.3 Å². The van der Waals surface area contributed by atoms with Gasteiger partial charge in [0.25, 0.3) is 0 Å². The van der Waals surface area contributed by atoms with Gasteiger partial charge in [-0.25, -0.2) is 4.79 Å². The van der Waals surface area contributed by atoms with Crippen LogP contribution in [0.3, 0.4) is 0 Å². The second-order valence-electron chi connectivity index (χ2n) is 10.2. The highest BCUT2D eigenvalue weighted by Gasteiger charge is 2.55. The number of carboxylic acids is 1. The molecular weight excluding hydrogens is 503 g/mol. The molecule has 188 valence electrons. The normalized spacial score (nSPS) is 27.4. The van der Waals surface area contributed by atoms with Crippen LogP contribution in [0.25, 0.3) is 11.3 Å². The smallest absolute Gasteiger partial charge is 0.335 e. The molecule has 2 aromatic heterocycles. The number of hydrogen-bond donors (Lipinski definition) is 2. The monoisotopic (exact) mass is 528 g/mol. The van der Waals surface area contributed by atoms with Gasteiger partial charge < -0.3 is 19.5 Å². The molecule has 36 heavy (non-hydrogen) atoms. The quantitative estimate of drug-likeness (QED) is 0.375. The van der Waals surface area contributed by atoms with Crippen molar-refractivity contribution in [1.29, 1.82) is 0 Å². The van der Waals surface area contributed by atoms with Gasteiger partial charge in [0, 0.05) is 23.2 Å². The van der Waals surface area contributed by atoms with E-state index in [1.807, 2.05) is 0 Å². The molecule has 3 fully saturated rings. The summed E-state index contributed by atoms with van der Waals surface area (Å²) in [5, 5.41) is 26.5. The number of nitrogens with zero attached hydrogens (tertiary/aromatic N) is 2. The van der Waals surface area contributed by atoms with Crippen LogP contribution in [0.1, 0.15) is 71.8 Å². The largest absolute Gasteiger partial charge is 0.478 e. The Hall–Kier alpha value is -2.45. The van der Waals surface area contributed by atoms with E-state index in [1.54, 1.807) is 18.2 Å². The molecule has 3 aromatic rings. The zero-order chi connectivity index (χ0) is 25.0. The molecule has 0 unspecified atom stereocenters. The lowest BCUT2D eigenvalue weighted by atomic mass is 9.71. The summed E-state index contributed by atoms with van der Waals surface area (Å²) >= 11 is 13.0. The number of rotatable bonds is 7. The van der Waals surface area contributed by atoms with E-state index < -0.39 is 11.6 Å². The van der Waals surface area contributed by atoms with Crippen LogP contribution in [-0.4, -0.2) is 32.4 Å². The summed E-state index contributed by atoms with van der Waals surface area (Å²) in [6, 6.07) is 8.32. The molecule has 6 rings (SSSR count). The van der Waals surface area contributed by atoms with Crippen LogP contribution in [0.15, 0.2) is 41.1 Å². The van der Waals surface area contributed by atoms with Crippen molar-refractivity contribution in [1.82, 2.24) is 10.1 Å². The predicted octanol–water partition coefficient (Wildman–Crippen LogP) is 6.21. The molecule has 3 aliphatic rings. The third-order valence-corrected chi connectivity index (χ3v) is 8.68. The van der Waals surface area contributed by atoms with Crippen molar-refractivity contribution in [3.05, 3.63) is 69.2 Å². The summed E-state index contributed by atoms with van der Waals surface area (Å²) < 4.78 is 12.2. The zero-order valence-electron chi connectivity index (χ0n) is 19.5. The molecule has 9 heteroatoms. The molecule has 3 saturated carbocycles. The van der Waals surface area contributed by atoms with Gasteiger partial charge in [-0.05, 0) is 74.6 Å². The summed E-state index contributed by atoms with van der Waals surface area (Å²) in [6.45, 7) is 0.321. The van der Waals surface area contributed by atoms with Crippen LogP contribution < -0.4 is 0 Å². The summed E-state index contributed by atoms with van der Waals surface area (Å²) in [7, 11) is 0. The first-order chi connectivity index (χ1) is 17.4. The summed E-state index contributed by atoms with van der Waals surface area (Å²) in [5.74, 6) is 0.0415. The van der Waals surface area contributed by atoms with Gasteiger partial charge in [0.1, 0.15) is 17.1 Å². The molecule has 0 radical (unpaired) electrons. The molecule has 2 bridgehead atoms. The third kappa shape index (κ3) is 4.02. The fraction of sp³-hybridized carbons (Fsp3) is 0.444. The van der Waals surface area contributed by atoms with E-state index in [4.69, 9.17) is 32.5 Å².